The van der Waals surface area contributed by atoms with Gasteiger partial charge in [-0.25, -0.2) is 4.39 Å². The molecule has 0 aliphatic carbocycles. The maximum absolute atomic E-state index is 13.1. The number of aryl methyl sites for hydroxylation is 1. The van der Waals surface area contributed by atoms with Crippen molar-refractivity contribution in [2.45, 2.75) is 13.1 Å². The van der Waals surface area contributed by atoms with Crippen LogP contribution >= 0.6 is 0 Å². The predicted molar refractivity (Wildman–Crippen MR) is 97.1 cm³/mol. The lowest BCUT2D eigenvalue weighted by atomic mass is 10.1. The fourth-order valence-electron chi connectivity index (χ4n) is 2.52. The van der Waals surface area contributed by atoms with Gasteiger partial charge in [0.25, 0.3) is 5.91 Å². The van der Waals surface area contributed by atoms with Crippen molar-refractivity contribution in [2.75, 3.05) is 5.32 Å². The average molecular weight is 389 g/mol. The molecule has 0 aliphatic rings. The summed E-state index contributed by atoms with van der Waals surface area (Å²) in [5.41, 5.74) is 0.0498. The molecule has 0 atom stereocenters. The number of amides is 1. The van der Waals surface area contributed by atoms with Crippen LogP contribution in [-0.4, -0.2) is 5.91 Å². The summed E-state index contributed by atoms with van der Waals surface area (Å²) in [6.07, 6.45) is -4.62. The van der Waals surface area contributed by atoms with E-state index in [9.17, 15) is 22.4 Å². The highest BCUT2D eigenvalue weighted by Crippen LogP contribution is 2.34. The van der Waals surface area contributed by atoms with Crippen molar-refractivity contribution in [3.8, 4) is 11.5 Å². The molecule has 7 heteroatoms. The number of hydrogen-bond donors (Lipinski definition) is 1. The third kappa shape index (κ3) is 4.68. The molecule has 28 heavy (non-hydrogen) atoms. The van der Waals surface area contributed by atoms with E-state index in [1.54, 1.807) is 18.2 Å². The fourth-order valence-corrected chi connectivity index (χ4v) is 2.52. The molecular formula is C21H15F4NO2. The maximum atomic E-state index is 13.1. The standard InChI is InChI=1S/C21H15F4NO2/c1-13-3-2-4-16(11-13)26-20(27)18-12-14(21(23,24)25)5-10-19(18)28-17-8-6-15(22)7-9-17/h2-12H,1H3,(H,26,27). The first-order valence-corrected chi connectivity index (χ1v) is 8.25. The first-order valence-electron chi connectivity index (χ1n) is 8.25. The zero-order valence-electron chi connectivity index (χ0n) is 14.7. The third-order valence-electron chi connectivity index (χ3n) is 3.87. The van der Waals surface area contributed by atoms with Gasteiger partial charge in [0.2, 0.25) is 0 Å². The fraction of sp³-hybridized carbons (Fsp3) is 0.0952. The van der Waals surface area contributed by atoms with Crippen molar-refractivity contribution in [1.82, 2.24) is 0 Å². The summed E-state index contributed by atoms with van der Waals surface area (Å²) in [5.74, 6) is -1.14. The van der Waals surface area contributed by atoms with Crippen LogP contribution in [-0.2, 0) is 6.18 Å². The number of halogens is 4. The second-order valence-electron chi connectivity index (χ2n) is 6.09. The highest BCUT2D eigenvalue weighted by atomic mass is 19.4. The van der Waals surface area contributed by atoms with E-state index < -0.39 is 23.5 Å². The number of rotatable bonds is 4. The van der Waals surface area contributed by atoms with Crippen LogP contribution in [0.25, 0.3) is 0 Å². The lowest BCUT2D eigenvalue weighted by Gasteiger charge is -2.15. The van der Waals surface area contributed by atoms with Gasteiger partial charge in [0, 0.05) is 5.69 Å². The molecule has 3 nitrogen and oxygen atoms in total. The van der Waals surface area contributed by atoms with Gasteiger partial charge in [-0.3, -0.25) is 4.79 Å². The molecule has 1 N–H and O–H groups in total. The molecule has 0 radical (unpaired) electrons. The third-order valence-corrected chi connectivity index (χ3v) is 3.87. The Hall–Kier alpha value is -3.35. The van der Waals surface area contributed by atoms with Crippen LogP contribution in [0, 0.1) is 12.7 Å². The highest BCUT2D eigenvalue weighted by Gasteiger charge is 2.32. The Kier molecular flexibility index (Phi) is 5.35. The van der Waals surface area contributed by atoms with Gasteiger partial charge in [-0.15, -0.1) is 0 Å². The van der Waals surface area contributed by atoms with Gasteiger partial charge in [-0.2, -0.15) is 13.2 Å². The molecule has 0 bridgehead atoms. The largest absolute Gasteiger partial charge is 0.457 e. The SMILES string of the molecule is Cc1cccc(NC(=O)c2cc(C(F)(F)F)ccc2Oc2ccc(F)cc2)c1. The zero-order valence-corrected chi connectivity index (χ0v) is 14.7. The van der Waals surface area contributed by atoms with Crippen molar-refractivity contribution >= 4 is 11.6 Å². The van der Waals surface area contributed by atoms with E-state index in [0.717, 1.165) is 35.9 Å². The number of hydrogen-bond acceptors (Lipinski definition) is 2. The number of carbonyl (C=O) groups is 1. The minimum Gasteiger partial charge on any atom is -0.457 e. The molecule has 0 fully saturated rings. The van der Waals surface area contributed by atoms with Gasteiger partial charge in [0.05, 0.1) is 11.1 Å². The summed E-state index contributed by atoms with van der Waals surface area (Å²) < 4.78 is 57.9. The van der Waals surface area contributed by atoms with E-state index in [2.05, 4.69) is 5.32 Å². The maximum Gasteiger partial charge on any atom is 0.416 e. The van der Waals surface area contributed by atoms with Gasteiger partial charge in [-0.1, -0.05) is 12.1 Å². The van der Waals surface area contributed by atoms with Crippen molar-refractivity contribution in [1.29, 1.82) is 0 Å². The molecule has 0 aliphatic heterocycles. The Morgan fingerprint density at radius 1 is 0.964 bits per heavy atom. The number of benzene rings is 3. The second kappa shape index (κ2) is 7.72. The summed E-state index contributed by atoms with van der Waals surface area (Å²) in [7, 11) is 0. The Labute approximate surface area is 158 Å². The Bertz CT molecular complexity index is 998. The van der Waals surface area contributed by atoms with Crippen molar-refractivity contribution in [2.24, 2.45) is 0 Å². The smallest absolute Gasteiger partial charge is 0.416 e. The summed E-state index contributed by atoms with van der Waals surface area (Å²) in [6.45, 7) is 1.82. The lowest BCUT2D eigenvalue weighted by Crippen LogP contribution is -2.15. The molecular weight excluding hydrogens is 374 g/mol. The van der Waals surface area contributed by atoms with E-state index in [1.807, 2.05) is 13.0 Å². The van der Waals surface area contributed by atoms with Gasteiger partial charge in [0.15, 0.2) is 0 Å². The molecule has 3 aromatic rings. The van der Waals surface area contributed by atoms with Crippen molar-refractivity contribution in [3.05, 3.63) is 89.2 Å². The first-order chi connectivity index (χ1) is 13.2. The summed E-state index contributed by atoms with van der Waals surface area (Å²) in [5, 5.41) is 2.57. The predicted octanol–water partition coefficient (Wildman–Crippen LogP) is 6.20. The number of alkyl halides is 3. The van der Waals surface area contributed by atoms with Crippen molar-refractivity contribution < 1.29 is 27.1 Å². The number of carbonyl (C=O) groups excluding carboxylic acids is 1. The summed E-state index contributed by atoms with van der Waals surface area (Å²) in [6, 6.07) is 14.4. The van der Waals surface area contributed by atoms with Crippen LogP contribution in [0.3, 0.4) is 0 Å². The van der Waals surface area contributed by atoms with Crippen LogP contribution < -0.4 is 10.1 Å². The van der Waals surface area contributed by atoms with Crippen LogP contribution in [0.2, 0.25) is 0 Å². The molecule has 0 saturated heterocycles. The average Bonchev–Trinajstić information content (AvgIpc) is 2.63. The minimum absolute atomic E-state index is 0.0789. The lowest BCUT2D eigenvalue weighted by molar-refractivity contribution is -0.137. The Morgan fingerprint density at radius 3 is 2.32 bits per heavy atom. The highest BCUT2D eigenvalue weighted by molar-refractivity contribution is 6.06. The zero-order chi connectivity index (χ0) is 20.3. The van der Waals surface area contributed by atoms with Crippen molar-refractivity contribution in [3.63, 3.8) is 0 Å². The Morgan fingerprint density at radius 2 is 1.68 bits per heavy atom. The number of anilines is 1. The van der Waals surface area contributed by atoms with Gasteiger partial charge in [0.1, 0.15) is 17.3 Å². The van der Waals surface area contributed by atoms with Gasteiger partial charge >= 0.3 is 6.18 Å². The van der Waals surface area contributed by atoms with Crippen LogP contribution in [0.1, 0.15) is 21.5 Å². The van der Waals surface area contributed by atoms with E-state index in [4.69, 9.17) is 4.74 Å². The quantitative estimate of drug-likeness (QED) is 0.540. The molecule has 0 saturated carbocycles. The van der Waals surface area contributed by atoms with E-state index in [0.29, 0.717) is 5.69 Å². The molecule has 144 valence electrons. The molecule has 1 amide bonds. The van der Waals surface area contributed by atoms with E-state index in [-0.39, 0.29) is 17.1 Å². The monoisotopic (exact) mass is 389 g/mol. The number of ether oxygens (including phenoxy) is 1. The second-order valence-corrected chi connectivity index (χ2v) is 6.09. The molecule has 0 unspecified atom stereocenters. The number of nitrogens with one attached hydrogen (secondary N) is 1. The van der Waals surface area contributed by atoms with Crippen LogP contribution in [0.4, 0.5) is 23.2 Å². The molecule has 0 aromatic heterocycles. The van der Waals surface area contributed by atoms with E-state index >= 15 is 0 Å². The van der Waals surface area contributed by atoms with Gasteiger partial charge in [-0.05, 0) is 67.1 Å². The minimum atomic E-state index is -4.62. The topological polar surface area (TPSA) is 38.3 Å². The molecule has 3 rings (SSSR count). The Balaban J connectivity index is 1.97. The molecule has 3 aromatic carbocycles. The van der Waals surface area contributed by atoms with E-state index in [1.165, 1.54) is 12.1 Å². The summed E-state index contributed by atoms with van der Waals surface area (Å²) in [4.78, 5) is 12.7. The first kappa shape index (κ1) is 19.4. The van der Waals surface area contributed by atoms with Crippen LogP contribution in [0.15, 0.2) is 66.7 Å². The normalized spacial score (nSPS) is 11.2. The molecule has 0 spiro atoms. The van der Waals surface area contributed by atoms with Gasteiger partial charge < -0.3 is 10.1 Å². The van der Waals surface area contributed by atoms with Crippen LogP contribution in [0.5, 0.6) is 11.5 Å². The summed E-state index contributed by atoms with van der Waals surface area (Å²) >= 11 is 0. The molecule has 0 heterocycles.